The van der Waals surface area contributed by atoms with Crippen LogP contribution < -0.4 is 9.47 Å². The Morgan fingerprint density at radius 2 is 2.12 bits per heavy atom. The Labute approximate surface area is 89.7 Å². The number of aromatic nitrogens is 1. The molecule has 0 amide bonds. The van der Waals surface area contributed by atoms with Crippen molar-refractivity contribution in [2.24, 2.45) is 0 Å². The van der Waals surface area contributed by atoms with Gasteiger partial charge in [-0.05, 0) is 12.1 Å². The highest BCUT2D eigenvalue weighted by Gasteiger charge is 2.21. The lowest BCUT2D eigenvalue weighted by Crippen LogP contribution is -2.18. The lowest BCUT2D eigenvalue weighted by Gasteiger charge is -2.10. The minimum absolute atomic E-state index is 0.0362. The van der Waals surface area contributed by atoms with Crippen LogP contribution in [0.3, 0.4) is 0 Å². The average Bonchev–Trinajstić information content (AvgIpc) is 2.26. The Hall–Kier alpha value is -2.68. The molecule has 0 aromatic carbocycles. The maximum atomic E-state index is 11.3. The van der Waals surface area contributed by atoms with E-state index < -0.39 is 17.5 Å². The summed E-state index contributed by atoms with van der Waals surface area (Å²) in [5, 5.41) is 8.60. The van der Waals surface area contributed by atoms with Gasteiger partial charge in [0.05, 0.1) is 0 Å². The Bertz CT molecular complexity index is 542. The van der Waals surface area contributed by atoms with Crippen LogP contribution in [0.5, 0.6) is 11.6 Å². The largest absolute Gasteiger partial charge is 0.418 e. The molecule has 0 saturated carbocycles. The lowest BCUT2D eigenvalue weighted by molar-refractivity contribution is -0.134. The summed E-state index contributed by atoms with van der Waals surface area (Å²) >= 11 is 0. The van der Waals surface area contributed by atoms with Crippen molar-refractivity contribution in [2.45, 2.75) is 0 Å². The first-order valence-corrected chi connectivity index (χ1v) is 4.21. The molecule has 6 heteroatoms. The SMILES string of the molecule is N#C/C1=C\C(=O)Oc2cccnc2OC1=O. The minimum Gasteiger partial charge on any atom is -0.418 e. The number of hydrogen-bond donors (Lipinski definition) is 0. The molecule has 0 fully saturated rings. The maximum Gasteiger partial charge on any atom is 0.356 e. The fraction of sp³-hybridized carbons (Fsp3) is 0. The van der Waals surface area contributed by atoms with Crippen molar-refractivity contribution in [3.05, 3.63) is 30.0 Å². The van der Waals surface area contributed by atoms with Gasteiger partial charge in [0.1, 0.15) is 11.6 Å². The zero-order chi connectivity index (χ0) is 11.5. The first kappa shape index (κ1) is 9.86. The van der Waals surface area contributed by atoms with E-state index in [1.165, 1.54) is 18.3 Å². The van der Waals surface area contributed by atoms with E-state index in [0.717, 1.165) is 6.08 Å². The third kappa shape index (κ3) is 1.74. The highest BCUT2D eigenvalue weighted by Crippen LogP contribution is 2.25. The van der Waals surface area contributed by atoms with Crippen molar-refractivity contribution >= 4 is 11.9 Å². The molecule has 1 aromatic heterocycles. The second-order valence-electron chi connectivity index (χ2n) is 2.79. The summed E-state index contributed by atoms with van der Waals surface area (Å²) in [4.78, 5) is 26.3. The first-order valence-electron chi connectivity index (χ1n) is 4.21. The number of carbonyl (C=O) groups excluding carboxylic acids is 2. The van der Waals surface area contributed by atoms with Gasteiger partial charge in [-0.1, -0.05) is 0 Å². The van der Waals surface area contributed by atoms with E-state index in [1.807, 2.05) is 0 Å². The predicted molar refractivity (Wildman–Crippen MR) is 49.2 cm³/mol. The van der Waals surface area contributed by atoms with Gasteiger partial charge in [-0.15, -0.1) is 0 Å². The maximum absolute atomic E-state index is 11.3. The Morgan fingerprint density at radius 1 is 1.31 bits per heavy atom. The highest BCUT2D eigenvalue weighted by atomic mass is 16.6. The van der Waals surface area contributed by atoms with E-state index in [4.69, 9.17) is 14.7 Å². The Kier molecular flexibility index (Phi) is 2.36. The Morgan fingerprint density at radius 3 is 2.88 bits per heavy atom. The molecule has 1 aliphatic rings. The third-order valence-electron chi connectivity index (χ3n) is 1.74. The fourth-order valence-corrected chi connectivity index (χ4v) is 1.07. The van der Waals surface area contributed by atoms with E-state index in [9.17, 15) is 9.59 Å². The summed E-state index contributed by atoms with van der Waals surface area (Å²) in [6.45, 7) is 0. The summed E-state index contributed by atoms with van der Waals surface area (Å²) in [5.41, 5.74) is -0.429. The van der Waals surface area contributed by atoms with Crippen LogP contribution in [0.25, 0.3) is 0 Å². The monoisotopic (exact) mass is 216 g/mol. The molecule has 1 aromatic rings. The molecule has 16 heavy (non-hydrogen) atoms. The standard InChI is InChI=1S/C10H4N2O4/c11-5-6-4-8(13)15-7-2-1-3-12-9(7)16-10(6)14/h1-4H/b6-4+. The van der Waals surface area contributed by atoms with Crippen molar-refractivity contribution in [3.63, 3.8) is 0 Å². The van der Waals surface area contributed by atoms with E-state index in [0.29, 0.717) is 0 Å². The molecular formula is C10H4N2O4. The molecule has 2 heterocycles. The van der Waals surface area contributed by atoms with Gasteiger partial charge in [-0.25, -0.2) is 14.6 Å². The van der Waals surface area contributed by atoms with E-state index in [2.05, 4.69) is 4.98 Å². The highest BCUT2D eigenvalue weighted by molar-refractivity contribution is 6.01. The molecule has 0 unspecified atom stereocenters. The van der Waals surface area contributed by atoms with Crippen LogP contribution in [-0.2, 0) is 9.59 Å². The van der Waals surface area contributed by atoms with Crippen LogP contribution in [0.1, 0.15) is 0 Å². The van der Waals surface area contributed by atoms with Crippen molar-refractivity contribution in [3.8, 4) is 17.7 Å². The lowest BCUT2D eigenvalue weighted by atomic mass is 10.2. The minimum atomic E-state index is -0.931. The third-order valence-corrected chi connectivity index (χ3v) is 1.74. The average molecular weight is 216 g/mol. The predicted octanol–water partition coefficient (Wildman–Crippen LogP) is 0.356. The number of nitrogens with zero attached hydrogens (tertiary/aromatic N) is 2. The first-order chi connectivity index (χ1) is 7.70. The number of esters is 2. The summed E-state index contributed by atoms with van der Waals surface area (Å²) in [7, 11) is 0. The van der Waals surface area contributed by atoms with Gasteiger partial charge in [0.15, 0.2) is 5.75 Å². The van der Waals surface area contributed by atoms with Crippen molar-refractivity contribution < 1.29 is 19.1 Å². The number of ether oxygens (including phenoxy) is 2. The van der Waals surface area contributed by atoms with Crippen LogP contribution in [0.2, 0.25) is 0 Å². The summed E-state index contributed by atoms with van der Waals surface area (Å²) in [6.07, 6.45) is 2.15. The molecule has 0 saturated heterocycles. The number of carbonyl (C=O) groups is 2. The summed E-state index contributed by atoms with van der Waals surface area (Å²) in [5.74, 6) is -1.85. The van der Waals surface area contributed by atoms with Crippen LogP contribution in [0, 0.1) is 11.3 Å². The van der Waals surface area contributed by atoms with Gasteiger partial charge in [0.2, 0.25) is 0 Å². The number of fused-ring (bicyclic) bond motifs is 1. The quantitative estimate of drug-likeness (QED) is 0.581. The Balaban J connectivity index is 2.48. The molecule has 0 atom stereocenters. The molecule has 0 N–H and O–H groups in total. The molecule has 1 aliphatic heterocycles. The molecule has 6 nitrogen and oxygen atoms in total. The second-order valence-corrected chi connectivity index (χ2v) is 2.79. The number of nitriles is 1. The number of rotatable bonds is 0. The van der Waals surface area contributed by atoms with Crippen LogP contribution in [0.15, 0.2) is 30.0 Å². The van der Waals surface area contributed by atoms with Crippen molar-refractivity contribution in [1.82, 2.24) is 4.98 Å². The van der Waals surface area contributed by atoms with Gasteiger partial charge >= 0.3 is 11.9 Å². The number of hydrogen-bond acceptors (Lipinski definition) is 6. The normalized spacial score (nSPS) is 17.8. The van der Waals surface area contributed by atoms with E-state index in [1.54, 1.807) is 6.07 Å². The number of pyridine rings is 1. The second kappa shape index (κ2) is 3.82. The molecule has 2 rings (SSSR count). The molecule has 0 radical (unpaired) electrons. The molecule has 78 valence electrons. The summed E-state index contributed by atoms with van der Waals surface area (Å²) in [6, 6.07) is 4.49. The molecule has 0 spiro atoms. The van der Waals surface area contributed by atoms with Gasteiger partial charge in [0, 0.05) is 12.3 Å². The van der Waals surface area contributed by atoms with E-state index >= 15 is 0 Å². The van der Waals surface area contributed by atoms with Crippen LogP contribution >= 0.6 is 0 Å². The van der Waals surface area contributed by atoms with Gasteiger partial charge in [-0.2, -0.15) is 5.26 Å². The molecule has 0 bridgehead atoms. The van der Waals surface area contributed by atoms with Crippen molar-refractivity contribution in [2.75, 3.05) is 0 Å². The van der Waals surface area contributed by atoms with Crippen LogP contribution in [-0.4, -0.2) is 16.9 Å². The van der Waals surface area contributed by atoms with Gasteiger partial charge < -0.3 is 9.47 Å². The molecule has 0 aliphatic carbocycles. The van der Waals surface area contributed by atoms with Crippen molar-refractivity contribution in [1.29, 1.82) is 5.26 Å². The molecular weight excluding hydrogens is 212 g/mol. The smallest absolute Gasteiger partial charge is 0.356 e. The summed E-state index contributed by atoms with van der Waals surface area (Å²) < 4.78 is 9.58. The van der Waals surface area contributed by atoms with E-state index in [-0.39, 0.29) is 11.6 Å². The fourth-order valence-electron chi connectivity index (χ4n) is 1.07. The zero-order valence-corrected chi connectivity index (χ0v) is 7.84. The van der Waals surface area contributed by atoms with Crippen LogP contribution in [0.4, 0.5) is 0 Å². The van der Waals surface area contributed by atoms with Gasteiger partial charge in [0.25, 0.3) is 5.88 Å². The van der Waals surface area contributed by atoms with Gasteiger partial charge in [-0.3, -0.25) is 0 Å². The topological polar surface area (TPSA) is 89.3 Å². The zero-order valence-electron chi connectivity index (χ0n) is 7.84.